The third-order valence-electron chi connectivity index (χ3n) is 12.2. The van der Waals surface area contributed by atoms with Crippen LogP contribution < -0.4 is 76.5 Å². The predicted octanol–water partition coefficient (Wildman–Crippen LogP) is -2.53. The molecule has 10 amide bonds. The number of carbonyl (C=O) groups is 10. The third-order valence-corrected chi connectivity index (χ3v) is 12.2. The van der Waals surface area contributed by atoms with E-state index in [1.165, 1.54) is 30.3 Å². The Morgan fingerprint density at radius 1 is 0.722 bits per heavy atom. The maximum atomic E-state index is 14.3. The van der Waals surface area contributed by atoms with Crippen molar-refractivity contribution in [3.05, 3.63) is 71.9 Å². The number of aromatic amines is 1. The lowest BCUT2D eigenvalue weighted by Gasteiger charge is -2.27. The molecule has 0 spiro atoms. The highest BCUT2D eigenvalue weighted by molar-refractivity contribution is 5.97. The Kier molecular flexibility index (Phi) is 27.6. The van der Waals surface area contributed by atoms with Crippen molar-refractivity contribution < 1.29 is 53.1 Å². The molecule has 79 heavy (non-hydrogen) atoms. The molecular weight excluding hydrogens is 1030 g/mol. The largest absolute Gasteiger partial charge is 0.480 e. The highest BCUT2D eigenvalue weighted by Gasteiger charge is 2.34. The van der Waals surface area contributed by atoms with Gasteiger partial charge in [-0.25, -0.2) is 9.59 Å². The number of aliphatic imine (C=N–C) groups is 2. The Hall–Kier alpha value is -8.98. The number of carbonyl (C=O) groups excluding carboxylic acids is 9. The van der Waals surface area contributed by atoms with Gasteiger partial charge in [-0.15, -0.1) is 0 Å². The van der Waals surface area contributed by atoms with Crippen molar-refractivity contribution in [1.29, 1.82) is 0 Å². The number of urea groups is 1. The van der Waals surface area contributed by atoms with Crippen LogP contribution in [-0.2, 0) is 49.6 Å². The van der Waals surface area contributed by atoms with Crippen LogP contribution in [0.2, 0.25) is 0 Å². The van der Waals surface area contributed by atoms with E-state index in [-0.39, 0.29) is 109 Å². The van der Waals surface area contributed by atoms with Gasteiger partial charge in [0.25, 0.3) is 0 Å². The number of para-hydroxylation sites is 1. The van der Waals surface area contributed by atoms with Gasteiger partial charge in [-0.2, -0.15) is 0 Å². The SMILES string of the molecule is CC(=O)N[C@@H](CCCN=C(N)N)C(=O)NC1CCC(=O)NCCCC(C(=O)O)NC(=O)[C@H](C)NC(=O)[C@H](CCCN=C(N)N)NC(=O)C(Cc2ccccc2)NC(=O)[C@H](CCCNC(N)=O)NC1=O.Cc1c[nH]c2ccccc12. The molecule has 0 aliphatic carbocycles. The first-order valence-corrected chi connectivity index (χ1v) is 25.8. The van der Waals surface area contributed by atoms with Crippen LogP contribution in [0.3, 0.4) is 0 Å². The second-order valence-electron chi connectivity index (χ2n) is 18.7. The number of nitrogens with two attached hydrogens (primary N) is 5. The molecule has 0 bridgehead atoms. The lowest BCUT2D eigenvalue weighted by molar-refractivity contribution is -0.142. The van der Waals surface area contributed by atoms with Crippen LogP contribution in [0.5, 0.6) is 0 Å². The molecular formula is C51H77N17O11. The van der Waals surface area contributed by atoms with Gasteiger partial charge in [0.1, 0.15) is 42.3 Å². The van der Waals surface area contributed by atoms with Crippen molar-refractivity contribution in [1.82, 2.24) is 52.8 Å². The molecule has 28 heteroatoms. The lowest BCUT2D eigenvalue weighted by Crippen LogP contribution is -2.60. The van der Waals surface area contributed by atoms with E-state index in [0.29, 0.717) is 5.56 Å². The summed E-state index contributed by atoms with van der Waals surface area (Å²) in [5, 5.41) is 34.0. The topological polar surface area (TPSA) is 470 Å². The Bertz CT molecular complexity index is 2600. The molecule has 432 valence electrons. The molecule has 4 rings (SSSR count). The standard InChI is InChI=1S/C42H68N16O11.C9H9N/c1-23-33(61)57-30(39(67)68)15-9-18-48-32(60)17-16-29(56-35(63)26(53-24(2)59)12-6-19-49-40(43)44)37(65)54-28(14-8-21-51-42(47)69)36(64)58-31(22-25-10-4-3-5-11-25)38(66)55-27(34(62)52-23)13-7-20-50-41(45)46;1-7-6-10-9-5-3-2-4-8(7)9/h3-5,10-11,23,26-31H,6-9,12-22H2,1-2H3,(H,48,60)(H,52,62)(H,53,59)(H,54,65)(H,55,66)(H,56,63)(H,57,61)(H,58,64)(H,67,68)(H4,43,44,49)(H4,45,46,50)(H3,47,51,69);2-6,10H,1H3/t23-,26-,27-,28-,29?,30?,31?;/m0./s1. The minimum atomic E-state index is -1.52. The number of H-pyrrole nitrogens is 1. The summed E-state index contributed by atoms with van der Waals surface area (Å²) in [7, 11) is 0. The van der Waals surface area contributed by atoms with Crippen molar-refractivity contribution in [3.8, 4) is 0 Å². The van der Waals surface area contributed by atoms with E-state index < -0.39 is 102 Å². The third kappa shape index (κ3) is 24.7. The lowest BCUT2D eigenvalue weighted by atomic mass is 10.0. The molecule has 1 aliphatic rings. The molecule has 0 saturated carbocycles. The molecule has 1 saturated heterocycles. The number of fused-ring (bicyclic) bond motifs is 1. The van der Waals surface area contributed by atoms with E-state index in [0.717, 1.165) is 0 Å². The molecule has 28 nitrogen and oxygen atoms in total. The fourth-order valence-corrected chi connectivity index (χ4v) is 8.04. The number of benzene rings is 2. The number of hydrogen-bond acceptors (Lipinski definition) is 12. The predicted molar refractivity (Wildman–Crippen MR) is 294 cm³/mol. The zero-order valence-corrected chi connectivity index (χ0v) is 44.7. The first-order chi connectivity index (χ1) is 37.5. The summed E-state index contributed by atoms with van der Waals surface area (Å²) in [6.07, 6.45) is 1.29. The summed E-state index contributed by atoms with van der Waals surface area (Å²) in [6, 6.07) is 6.22. The van der Waals surface area contributed by atoms with Crippen molar-refractivity contribution in [2.75, 3.05) is 26.2 Å². The Labute approximate surface area is 457 Å². The number of amides is 10. The van der Waals surface area contributed by atoms with Gasteiger partial charge in [0.2, 0.25) is 47.3 Å². The number of carboxylic acids is 1. The Morgan fingerprint density at radius 3 is 1.95 bits per heavy atom. The van der Waals surface area contributed by atoms with E-state index in [2.05, 4.69) is 87.9 Å². The van der Waals surface area contributed by atoms with Gasteiger partial charge >= 0.3 is 12.0 Å². The number of aliphatic carboxylic acids is 1. The number of nitrogens with one attached hydrogen (secondary N) is 10. The highest BCUT2D eigenvalue weighted by Crippen LogP contribution is 2.16. The zero-order valence-electron chi connectivity index (χ0n) is 44.7. The van der Waals surface area contributed by atoms with Crippen LogP contribution in [0, 0.1) is 6.92 Å². The van der Waals surface area contributed by atoms with Crippen LogP contribution in [0.1, 0.15) is 89.2 Å². The smallest absolute Gasteiger partial charge is 0.326 e. The van der Waals surface area contributed by atoms with Gasteiger partial charge in [0, 0.05) is 63.0 Å². The van der Waals surface area contributed by atoms with Gasteiger partial charge < -0.3 is 86.6 Å². The molecule has 1 aromatic heterocycles. The molecule has 3 unspecified atom stereocenters. The Morgan fingerprint density at radius 2 is 1.32 bits per heavy atom. The van der Waals surface area contributed by atoms with Crippen molar-refractivity contribution in [2.24, 2.45) is 38.7 Å². The number of aryl methyl sites for hydroxylation is 1. The molecule has 7 atom stereocenters. The summed E-state index contributed by atoms with van der Waals surface area (Å²) < 4.78 is 0. The van der Waals surface area contributed by atoms with E-state index in [1.807, 2.05) is 12.3 Å². The van der Waals surface area contributed by atoms with E-state index in [1.54, 1.807) is 30.3 Å². The van der Waals surface area contributed by atoms with Gasteiger partial charge in [-0.1, -0.05) is 48.5 Å². The number of primary amides is 1. The zero-order chi connectivity index (χ0) is 58.4. The van der Waals surface area contributed by atoms with Crippen LogP contribution in [-0.4, -0.2) is 150 Å². The maximum absolute atomic E-state index is 14.3. The van der Waals surface area contributed by atoms with E-state index in [4.69, 9.17) is 28.7 Å². The summed E-state index contributed by atoms with van der Waals surface area (Å²) in [5.74, 6) is -8.25. The minimum Gasteiger partial charge on any atom is -0.480 e. The molecule has 0 radical (unpaired) electrons. The summed E-state index contributed by atoms with van der Waals surface area (Å²) in [6.45, 7) is 4.64. The monoisotopic (exact) mass is 1100 g/mol. The Balaban J connectivity index is 0.00000145. The molecule has 1 aliphatic heterocycles. The quantitative estimate of drug-likeness (QED) is 0.0355. The van der Waals surface area contributed by atoms with Crippen molar-refractivity contribution in [3.63, 3.8) is 0 Å². The molecule has 2 aromatic carbocycles. The fraction of sp³-hybridized carbons (Fsp3) is 0.490. The first kappa shape index (κ1) is 64.3. The summed E-state index contributed by atoms with van der Waals surface area (Å²) in [5.41, 5.74) is 30.1. The van der Waals surface area contributed by atoms with Crippen LogP contribution in [0.25, 0.3) is 10.9 Å². The molecule has 2 heterocycles. The average molecular weight is 1100 g/mol. The number of nitrogens with zero attached hydrogens (tertiary/aromatic N) is 2. The number of aromatic nitrogens is 1. The number of rotatable bonds is 18. The normalized spacial score (nSPS) is 20.3. The molecule has 3 aromatic rings. The van der Waals surface area contributed by atoms with Gasteiger partial charge in [0.15, 0.2) is 11.9 Å². The number of guanidine groups is 2. The van der Waals surface area contributed by atoms with Crippen LogP contribution in [0.4, 0.5) is 4.79 Å². The second kappa shape index (κ2) is 33.9. The minimum absolute atomic E-state index is 0.0231. The summed E-state index contributed by atoms with van der Waals surface area (Å²) in [4.78, 5) is 143. The van der Waals surface area contributed by atoms with E-state index in [9.17, 15) is 53.1 Å². The van der Waals surface area contributed by atoms with E-state index >= 15 is 0 Å². The number of hydrogen-bond donors (Lipinski definition) is 16. The van der Waals surface area contributed by atoms with Crippen LogP contribution >= 0.6 is 0 Å². The van der Waals surface area contributed by atoms with Crippen molar-refractivity contribution in [2.45, 2.75) is 134 Å². The number of carboxylic acid groups (broad SMARTS) is 1. The second-order valence-corrected chi connectivity index (χ2v) is 18.7. The van der Waals surface area contributed by atoms with Crippen molar-refractivity contribution >= 4 is 82.1 Å². The first-order valence-electron chi connectivity index (χ1n) is 25.8. The average Bonchev–Trinajstić information content (AvgIpc) is 3.78. The molecule has 1 fully saturated rings. The fourth-order valence-electron chi connectivity index (χ4n) is 8.04. The van der Waals surface area contributed by atoms with Gasteiger partial charge in [0.05, 0.1) is 0 Å². The van der Waals surface area contributed by atoms with Crippen LogP contribution in [0.15, 0.2) is 70.8 Å². The summed E-state index contributed by atoms with van der Waals surface area (Å²) >= 11 is 0. The van der Waals surface area contributed by atoms with Gasteiger partial charge in [-0.3, -0.25) is 48.3 Å². The maximum Gasteiger partial charge on any atom is 0.326 e. The molecule has 21 N–H and O–H groups in total. The highest BCUT2D eigenvalue weighted by atomic mass is 16.4. The van der Waals surface area contributed by atoms with Gasteiger partial charge in [-0.05, 0) is 88.8 Å².